The minimum absolute atomic E-state index is 0.0254. The summed E-state index contributed by atoms with van der Waals surface area (Å²) in [6.07, 6.45) is 5.64. The molecule has 0 radical (unpaired) electrons. The Morgan fingerprint density at radius 3 is 2.79 bits per heavy atom. The van der Waals surface area contributed by atoms with Gasteiger partial charge in [0.1, 0.15) is 5.82 Å². The number of rotatable bonds is 3. The van der Waals surface area contributed by atoms with Crippen LogP contribution in [0.2, 0.25) is 0 Å². The van der Waals surface area contributed by atoms with Gasteiger partial charge in [-0.15, -0.1) is 0 Å². The van der Waals surface area contributed by atoms with E-state index < -0.39 is 5.82 Å². The first-order valence-corrected chi connectivity index (χ1v) is 6.96. The molecule has 1 aromatic rings. The first-order valence-electron chi connectivity index (χ1n) is 6.96. The van der Waals surface area contributed by atoms with Crippen LogP contribution < -0.4 is 11.1 Å². The quantitative estimate of drug-likeness (QED) is 0.822. The Morgan fingerprint density at radius 1 is 1.32 bits per heavy atom. The molecule has 2 aliphatic carbocycles. The SMILES string of the molecule is Nc1cc(F)cc(NC(=O)CC2CC3CCC2C3)c1. The molecule has 1 aromatic carbocycles. The lowest BCUT2D eigenvalue weighted by Gasteiger charge is -2.20. The lowest BCUT2D eigenvalue weighted by molar-refractivity contribution is -0.117. The number of benzene rings is 1. The van der Waals surface area contributed by atoms with Crippen LogP contribution in [0.25, 0.3) is 0 Å². The zero-order valence-corrected chi connectivity index (χ0v) is 10.9. The third-order valence-corrected chi connectivity index (χ3v) is 4.54. The molecule has 2 bridgehead atoms. The summed E-state index contributed by atoms with van der Waals surface area (Å²) < 4.78 is 13.2. The smallest absolute Gasteiger partial charge is 0.224 e. The Kier molecular flexibility index (Phi) is 3.17. The summed E-state index contributed by atoms with van der Waals surface area (Å²) in [4.78, 5) is 12.0. The molecule has 3 unspecified atom stereocenters. The van der Waals surface area contributed by atoms with Gasteiger partial charge in [0, 0.05) is 17.8 Å². The second-order valence-corrected chi connectivity index (χ2v) is 5.96. The minimum Gasteiger partial charge on any atom is -0.399 e. The second-order valence-electron chi connectivity index (χ2n) is 5.96. The van der Waals surface area contributed by atoms with Crippen LogP contribution in [0.3, 0.4) is 0 Å². The van der Waals surface area contributed by atoms with Crippen molar-refractivity contribution in [3.05, 3.63) is 24.0 Å². The van der Waals surface area contributed by atoms with E-state index in [2.05, 4.69) is 5.32 Å². The standard InChI is InChI=1S/C15H19FN2O/c16-12-6-13(17)8-14(7-12)18-15(19)5-11-4-9-1-2-10(11)3-9/h6-11H,1-5,17H2,(H,18,19). The van der Waals surface area contributed by atoms with Crippen molar-refractivity contribution in [2.75, 3.05) is 11.1 Å². The van der Waals surface area contributed by atoms with Crippen LogP contribution in [0.4, 0.5) is 15.8 Å². The Hall–Kier alpha value is -1.58. The Morgan fingerprint density at radius 2 is 2.16 bits per heavy atom. The maximum atomic E-state index is 13.2. The van der Waals surface area contributed by atoms with Gasteiger partial charge in [0.15, 0.2) is 0 Å². The number of carbonyl (C=O) groups excluding carboxylic acids is 1. The molecule has 0 heterocycles. The van der Waals surface area contributed by atoms with Crippen LogP contribution in [0.1, 0.15) is 32.1 Å². The summed E-state index contributed by atoms with van der Waals surface area (Å²) >= 11 is 0. The van der Waals surface area contributed by atoms with Crippen molar-refractivity contribution in [1.82, 2.24) is 0 Å². The van der Waals surface area contributed by atoms with Crippen molar-refractivity contribution >= 4 is 17.3 Å². The number of fused-ring (bicyclic) bond motifs is 2. The van der Waals surface area contributed by atoms with E-state index >= 15 is 0 Å². The predicted octanol–water partition coefficient (Wildman–Crippen LogP) is 3.17. The molecule has 4 heteroatoms. The normalized spacial score (nSPS) is 28.6. The lowest BCUT2D eigenvalue weighted by atomic mass is 9.86. The third kappa shape index (κ3) is 2.72. The first kappa shape index (κ1) is 12.5. The number of nitrogens with two attached hydrogens (primary N) is 1. The molecule has 2 saturated carbocycles. The molecule has 0 saturated heterocycles. The molecule has 3 atom stereocenters. The van der Waals surface area contributed by atoms with Crippen molar-refractivity contribution in [2.45, 2.75) is 32.1 Å². The van der Waals surface area contributed by atoms with Gasteiger partial charge in [0.2, 0.25) is 5.91 Å². The molecule has 1 amide bonds. The number of halogens is 1. The van der Waals surface area contributed by atoms with E-state index in [4.69, 9.17) is 5.73 Å². The summed E-state index contributed by atoms with van der Waals surface area (Å²) in [7, 11) is 0. The van der Waals surface area contributed by atoms with Crippen molar-refractivity contribution in [3.8, 4) is 0 Å². The number of nitrogen functional groups attached to an aromatic ring is 1. The van der Waals surface area contributed by atoms with E-state index in [0.29, 0.717) is 23.7 Å². The Balaban J connectivity index is 1.59. The van der Waals surface area contributed by atoms with E-state index in [9.17, 15) is 9.18 Å². The third-order valence-electron chi connectivity index (χ3n) is 4.54. The van der Waals surface area contributed by atoms with E-state index in [1.54, 1.807) is 6.07 Å². The molecule has 3 rings (SSSR count). The summed E-state index contributed by atoms with van der Waals surface area (Å²) in [5.74, 6) is 1.64. The van der Waals surface area contributed by atoms with Crippen LogP contribution in [0, 0.1) is 23.6 Å². The average Bonchev–Trinajstić information content (AvgIpc) is 2.88. The van der Waals surface area contributed by atoms with Gasteiger partial charge < -0.3 is 11.1 Å². The van der Waals surface area contributed by atoms with Crippen LogP contribution in [0.5, 0.6) is 0 Å². The fourth-order valence-corrected chi connectivity index (χ4v) is 3.76. The summed E-state index contributed by atoms with van der Waals surface area (Å²) in [5, 5.41) is 2.75. The summed E-state index contributed by atoms with van der Waals surface area (Å²) in [5.41, 5.74) is 6.34. The maximum Gasteiger partial charge on any atom is 0.224 e. The van der Waals surface area contributed by atoms with Gasteiger partial charge in [-0.1, -0.05) is 6.42 Å². The highest BCUT2D eigenvalue weighted by Gasteiger charge is 2.40. The molecule has 2 fully saturated rings. The van der Waals surface area contributed by atoms with Crippen LogP contribution in [0.15, 0.2) is 18.2 Å². The fraction of sp³-hybridized carbons (Fsp3) is 0.533. The zero-order chi connectivity index (χ0) is 13.4. The van der Waals surface area contributed by atoms with Crippen molar-refractivity contribution in [2.24, 2.45) is 17.8 Å². The van der Waals surface area contributed by atoms with Gasteiger partial charge in [-0.25, -0.2) is 4.39 Å². The Labute approximate surface area is 112 Å². The van der Waals surface area contributed by atoms with Gasteiger partial charge in [0.05, 0.1) is 0 Å². The van der Waals surface area contributed by atoms with Gasteiger partial charge in [-0.2, -0.15) is 0 Å². The maximum absolute atomic E-state index is 13.2. The number of hydrogen-bond donors (Lipinski definition) is 2. The van der Waals surface area contributed by atoms with E-state index in [1.807, 2.05) is 0 Å². The summed E-state index contributed by atoms with van der Waals surface area (Å²) in [6, 6.07) is 4.13. The minimum atomic E-state index is -0.421. The molecule has 0 spiro atoms. The molecule has 3 nitrogen and oxygen atoms in total. The highest BCUT2D eigenvalue weighted by atomic mass is 19.1. The van der Waals surface area contributed by atoms with Crippen LogP contribution >= 0.6 is 0 Å². The van der Waals surface area contributed by atoms with Crippen LogP contribution in [-0.2, 0) is 4.79 Å². The van der Waals surface area contributed by atoms with Gasteiger partial charge in [0.25, 0.3) is 0 Å². The zero-order valence-electron chi connectivity index (χ0n) is 10.9. The van der Waals surface area contributed by atoms with Crippen molar-refractivity contribution in [3.63, 3.8) is 0 Å². The molecular weight excluding hydrogens is 243 g/mol. The molecule has 102 valence electrons. The number of amides is 1. The number of anilines is 2. The summed E-state index contributed by atoms with van der Waals surface area (Å²) in [6.45, 7) is 0. The number of nitrogens with one attached hydrogen (secondary N) is 1. The van der Waals surface area contributed by atoms with Crippen molar-refractivity contribution in [1.29, 1.82) is 0 Å². The highest BCUT2D eigenvalue weighted by Crippen LogP contribution is 2.49. The van der Waals surface area contributed by atoms with E-state index in [0.717, 1.165) is 11.8 Å². The van der Waals surface area contributed by atoms with Gasteiger partial charge in [-0.05, 0) is 55.2 Å². The van der Waals surface area contributed by atoms with Gasteiger partial charge in [-0.3, -0.25) is 4.79 Å². The van der Waals surface area contributed by atoms with Crippen molar-refractivity contribution < 1.29 is 9.18 Å². The fourth-order valence-electron chi connectivity index (χ4n) is 3.76. The molecule has 3 N–H and O–H groups in total. The molecule has 0 aromatic heterocycles. The monoisotopic (exact) mass is 262 g/mol. The largest absolute Gasteiger partial charge is 0.399 e. The van der Waals surface area contributed by atoms with Crippen LogP contribution in [-0.4, -0.2) is 5.91 Å². The molecular formula is C15H19FN2O. The van der Waals surface area contributed by atoms with E-state index in [1.165, 1.54) is 37.8 Å². The molecule has 2 aliphatic rings. The average molecular weight is 262 g/mol. The Bertz CT molecular complexity index is 483. The topological polar surface area (TPSA) is 55.1 Å². The number of carbonyl (C=O) groups is 1. The van der Waals surface area contributed by atoms with Gasteiger partial charge >= 0.3 is 0 Å². The predicted molar refractivity (Wildman–Crippen MR) is 73.0 cm³/mol. The molecule has 0 aliphatic heterocycles. The highest BCUT2D eigenvalue weighted by molar-refractivity contribution is 5.91. The molecule has 19 heavy (non-hydrogen) atoms. The first-order chi connectivity index (χ1) is 9.10. The lowest BCUT2D eigenvalue weighted by Crippen LogP contribution is -2.20. The van der Waals surface area contributed by atoms with E-state index in [-0.39, 0.29) is 5.91 Å². The number of hydrogen-bond acceptors (Lipinski definition) is 2. The second kappa shape index (κ2) is 4.83.